The second-order valence-electron chi connectivity index (χ2n) is 8.28. The first-order chi connectivity index (χ1) is 17.3. The van der Waals surface area contributed by atoms with E-state index in [4.69, 9.17) is 5.73 Å². The average molecular weight is 496 g/mol. The second kappa shape index (κ2) is 10.6. The van der Waals surface area contributed by atoms with Crippen molar-refractivity contribution >= 4 is 17.7 Å². The summed E-state index contributed by atoms with van der Waals surface area (Å²) in [5.74, 6) is -4.71. The number of nitrogens with two attached hydrogens (primary N) is 1. The Labute approximate surface area is 205 Å². The Morgan fingerprint density at radius 1 is 0.778 bits per heavy atom. The number of nitrogens with zero attached hydrogens (tertiary/aromatic N) is 2. The summed E-state index contributed by atoms with van der Waals surface area (Å²) in [5, 5.41) is 2.71. The van der Waals surface area contributed by atoms with Gasteiger partial charge in [0, 0.05) is 43.4 Å². The lowest BCUT2D eigenvalue weighted by atomic mass is 10.1. The van der Waals surface area contributed by atoms with Crippen LogP contribution in [0.25, 0.3) is 0 Å². The molecule has 0 aliphatic carbocycles. The highest BCUT2D eigenvalue weighted by Crippen LogP contribution is 2.22. The third-order valence-corrected chi connectivity index (χ3v) is 5.80. The summed E-state index contributed by atoms with van der Waals surface area (Å²) in [5.41, 5.74) is 6.96. The molecule has 1 aliphatic heterocycles. The van der Waals surface area contributed by atoms with E-state index in [0.717, 1.165) is 39.1 Å². The van der Waals surface area contributed by atoms with Crippen LogP contribution in [0.3, 0.4) is 0 Å². The van der Waals surface area contributed by atoms with Crippen molar-refractivity contribution in [2.45, 2.75) is 19.3 Å². The summed E-state index contributed by atoms with van der Waals surface area (Å²) in [6.07, 6.45) is -1.42. The Balaban J connectivity index is 1.63. The van der Waals surface area contributed by atoms with Crippen molar-refractivity contribution in [2.24, 2.45) is 5.73 Å². The molecule has 0 spiro atoms. The SMILES string of the molecule is NCc1cccc(CNC(=O)C2N(C(=O)c3cccc(F)c3)CCN2C(=O)c2cc(F)cc(F)c2)c1. The van der Waals surface area contributed by atoms with Gasteiger partial charge < -0.3 is 20.9 Å². The number of rotatable bonds is 6. The van der Waals surface area contributed by atoms with Crippen molar-refractivity contribution in [2.75, 3.05) is 13.1 Å². The third-order valence-electron chi connectivity index (χ3n) is 5.80. The molecule has 1 atom stereocenters. The van der Waals surface area contributed by atoms with Gasteiger partial charge in [0.1, 0.15) is 17.5 Å². The van der Waals surface area contributed by atoms with Crippen molar-refractivity contribution in [3.05, 3.63) is 106 Å². The quantitative estimate of drug-likeness (QED) is 0.549. The lowest BCUT2D eigenvalue weighted by molar-refractivity contribution is -0.128. The minimum Gasteiger partial charge on any atom is -0.349 e. The number of nitrogens with one attached hydrogen (secondary N) is 1. The summed E-state index contributed by atoms with van der Waals surface area (Å²) < 4.78 is 41.3. The molecule has 10 heteroatoms. The first kappa shape index (κ1) is 24.9. The summed E-state index contributed by atoms with van der Waals surface area (Å²) in [6, 6.07) is 14.5. The van der Waals surface area contributed by atoms with Crippen LogP contribution in [-0.2, 0) is 17.9 Å². The molecule has 36 heavy (non-hydrogen) atoms. The summed E-state index contributed by atoms with van der Waals surface area (Å²) in [7, 11) is 0. The van der Waals surface area contributed by atoms with E-state index in [1.807, 2.05) is 12.1 Å². The monoisotopic (exact) mass is 496 g/mol. The fraction of sp³-hybridized carbons (Fsp3) is 0.192. The van der Waals surface area contributed by atoms with Crippen molar-refractivity contribution in [3.63, 3.8) is 0 Å². The Morgan fingerprint density at radius 2 is 1.36 bits per heavy atom. The molecule has 1 fully saturated rings. The zero-order valence-corrected chi connectivity index (χ0v) is 19.1. The smallest absolute Gasteiger partial charge is 0.264 e. The van der Waals surface area contributed by atoms with E-state index in [1.54, 1.807) is 12.1 Å². The van der Waals surface area contributed by atoms with Crippen LogP contribution < -0.4 is 11.1 Å². The largest absolute Gasteiger partial charge is 0.349 e. The summed E-state index contributed by atoms with van der Waals surface area (Å²) in [6.45, 7) is 0.285. The standard InChI is InChI=1S/C26H23F3N4O3/c27-20-6-2-5-18(10-20)25(35)32-7-8-33(26(36)19-11-21(28)13-22(29)12-19)24(32)23(34)31-15-17-4-1-3-16(9-17)14-30/h1-6,9-13,24H,7-8,14-15,30H2,(H,31,34). The van der Waals surface area contributed by atoms with E-state index < -0.39 is 41.3 Å². The number of amides is 3. The first-order valence-corrected chi connectivity index (χ1v) is 11.2. The molecule has 3 aromatic rings. The molecule has 3 amide bonds. The van der Waals surface area contributed by atoms with Crippen LogP contribution in [0.2, 0.25) is 0 Å². The Kier molecular flexibility index (Phi) is 7.35. The molecule has 3 aromatic carbocycles. The number of benzene rings is 3. The van der Waals surface area contributed by atoms with Gasteiger partial charge in [-0.15, -0.1) is 0 Å². The summed E-state index contributed by atoms with van der Waals surface area (Å²) >= 11 is 0. The van der Waals surface area contributed by atoms with Crippen molar-refractivity contribution < 1.29 is 27.6 Å². The lowest BCUT2D eigenvalue weighted by Gasteiger charge is -2.29. The van der Waals surface area contributed by atoms with E-state index in [2.05, 4.69) is 5.32 Å². The van der Waals surface area contributed by atoms with Gasteiger partial charge in [-0.25, -0.2) is 13.2 Å². The minimum atomic E-state index is -1.42. The third kappa shape index (κ3) is 5.38. The molecule has 1 aliphatic rings. The molecule has 0 saturated carbocycles. The fourth-order valence-corrected chi connectivity index (χ4v) is 4.11. The van der Waals surface area contributed by atoms with Gasteiger partial charge in [-0.3, -0.25) is 14.4 Å². The first-order valence-electron chi connectivity index (χ1n) is 11.2. The van der Waals surface area contributed by atoms with Crippen LogP contribution >= 0.6 is 0 Å². The predicted molar refractivity (Wildman–Crippen MR) is 125 cm³/mol. The molecule has 0 bridgehead atoms. The minimum absolute atomic E-state index is 0.00505. The van der Waals surface area contributed by atoms with Gasteiger partial charge in [0.15, 0.2) is 6.17 Å². The zero-order valence-electron chi connectivity index (χ0n) is 19.1. The Hall–Kier alpha value is -4.18. The zero-order chi connectivity index (χ0) is 25.8. The van der Waals surface area contributed by atoms with E-state index in [-0.39, 0.29) is 30.8 Å². The highest BCUT2D eigenvalue weighted by atomic mass is 19.1. The van der Waals surface area contributed by atoms with Gasteiger partial charge in [0.25, 0.3) is 17.7 Å². The van der Waals surface area contributed by atoms with Gasteiger partial charge >= 0.3 is 0 Å². The van der Waals surface area contributed by atoms with Gasteiger partial charge in [-0.1, -0.05) is 30.3 Å². The van der Waals surface area contributed by atoms with Crippen molar-refractivity contribution in [3.8, 4) is 0 Å². The van der Waals surface area contributed by atoms with Crippen LogP contribution in [0.4, 0.5) is 13.2 Å². The van der Waals surface area contributed by atoms with Crippen molar-refractivity contribution in [1.29, 1.82) is 0 Å². The maximum Gasteiger partial charge on any atom is 0.264 e. The molecule has 0 aromatic heterocycles. The van der Waals surface area contributed by atoms with E-state index in [0.29, 0.717) is 12.6 Å². The van der Waals surface area contributed by atoms with E-state index >= 15 is 0 Å². The number of carbonyl (C=O) groups excluding carboxylic acids is 3. The molecule has 7 nitrogen and oxygen atoms in total. The maximum atomic E-state index is 13.8. The van der Waals surface area contributed by atoms with E-state index in [9.17, 15) is 27.6 Å². The highest BCUT2D eigenvalue weighted by molar-refractivity contribution is 6.02. The number of halogens is 3. The normalized spacial score (nSPS) is 15.2. The molecule has 0 radical (unpaired) electrons. The molecule has 4 rings (SSSR count). The van der Waals surface area contributed by atoms with Gasteiger partial charge in [-0.2, -0.15) is 0 Å². The molecule has 1 unspecified atom stereocenters. The highest BCUT2D eigenvalue weighted by Gasteiger charge is 2.43. The van der Waals surface area contributed by atoms with Gasteiger partial charge in [0.2, 0.25) is 0 Å². The molecule has 3 N–H and O–H groups in total. The number of hydrogen-bond donors (Lipinski definition) is 2. The topological polar surface area (TPSA) is 95.7 Å². The Morgan fingerprint density at radius 3 is 2.00 bits per heavy atom. The molecular formula is C26H23F3N4O3. The Bertz CT molecular complexity index is 1300. The predicted octanol–water partition coefficient (Wildman–Crippen LogP) is 2.80. The fourth-order valence-electron chi connectivity index (χ4n) is 4.11. The molecule has 1 saturated heterocycles. The summed E-state index contributed by atoms with van der Waals surface area (Å²) in [4.78, 5) is 41.9. The second-order valence-corrected chi connectivity index (χ2v) is 8.28. The molecular weight excluding hydrogens is 473 g/mol. The number of hydrogen-bond acceptors (Lipinski definition) is 4. The molecule has 1 heterocycles. The van der Waals surface area contributed by atoms with Crippen LogP contribution in [0.15, 0.2) is 66.7 Å². The number of carbonyl (C=O) groups is 3. The van der Waals surface area contributed by atoms with Crippen LogP contribution in [-0.4, -0.2) is 46.8 Å². The molecule has 186 valence electrons. The van der Waals surface area contributed by atoms with Crippen molar-refractivity contribution in [1.82, 2.24) is 15.1 Å². The van der Waals surface area contributed by atoms with Gasteiger partial charge in [0.05, 0.1) is 0 Å². The maximum absolute atomic E-state index is 13.8. The van der Waals surface area contributed by atoms with Gasteiger partial charge in [-0.05, 0) is 41.5 Å². The van der Waals surface area contributed by atoms with Crippen LogP contribution in [0.1, 0.15) is 31.8 Å². The van der Waals surface area contributed by atoms with Crippen LogP contribution in [0, 0.1) is 17.5 Å². The van der Waals surface area contributed by atoms with Crippen LogP contribution in [0.5, 0.6) is 0 Å². The van der Waals surface area contributed by atoms with E-state index in [1.165, 1.54) is 18.2 Å². The average Bonchev–Trinajstić information content (AvgIpc) is 3.31. The lowest BCUT2D eigenvalue weighted by Crippen LogP contribution is -2.53.